The number of carbonyl (C=O) groups is 2. The Morgan fingerprint density at radius 1 is 1.15 bits per heavy atom. The minimum absolute atomic E-state index is 0.161. The molecule has 0 amide bonds. The molecular weight excluding hydrogens is 256 g/mol. The molecule has 0 atom stereocenters. The molecule has 4 nitrogen and oxygen atoms in total. The molecule has 4 heteroatoms. The zero-order valence-corrected chi connectivity index (χ0v) is 11.7. The van der Waals surface area contributed by atoms with E-state index in [1.165, 1.54) is 25.3 Å². The van der Waals surface area contributed by atoms with E-state index in [1.54, 1.807) is 26.0 Å². The van der Waals surface area contributed by atoms with Gasteiger partial charge in [-0.05, 0) is 43.9 Å². The largest absolute Gasteiger partial charge is 0.466 e. The maximum absolute atomic E-state index is 11.2. The van der Waals surface area contributed by atoms with Gasteiger partial charge in [0.2, 0.25) is 0 Å². The molecule has 0 fully saturated rings. The molecule has 20 heavy (non-hydrogen) atoms. The van der Waals surface area contributed by atoms with E-state index in [0.717, 1.165) is 0 Å². The number of allylic oxidation sites excluding steroid dienone is 3. The molecule has 0 heterocycles. The normalized spacial score (nSPS) is 10.4. The summed E-state index contributed by atoms with van der Waals surface area (Å²) in [5.74, 6) is 9.44. The Labute approximate surface area is 119 Å². The Bertz CT molecular complexity index is 542. The summed E-state index contributed by atoms with van der Waals surface area (Å²) in [6.45, 7) is 3.61. The van der Waals surface area contributed by atoms with Gasteiger partial charge in [0, 0.05) is 11.6 Å². The number of esters is 2. The molecule has 0 radical (unpaired) electrons. The third kappa shape index (κ3) is 9.32. The summed E-state index contributed by atoms with van der Waals surface area (Å²) < 4.78 is 9.30. The highest BCUT2D eigenvalue weighted by atomic mass is 16.5. The van der Waals surface area contributed by atoms with Crippen LogP contribution in [-0.2, 0) is 19.1 Å². The second-order valence-electron chi connectivity index (χ2n) is 3.37. The molecule has 0 aromatic carbocycles. The monoisotopic (exact) mass is 272 g/mol. The maximum atomic E-state index is 11.2. The number of hydrogen-bond acceptors (Lipinski definition) is 4. The fourth-order valence-electron chi connectivity index (χ4n) is 0.796. The molecule has 0 aliphatic carbocycles. The van der Waals surface area contributed by atoms with Crippen LogP contribution in [0.15, 0.2) is 36.0 Å². The van der Waals surface area contributed by atoms with Crippen molar-refractivity contribution >= 4 is 11.9 Å². The molecule has 0 aromatic heterocycles. The zero-order valence-electron chi connectivity index (χ0n) is 11.7. The van der Waals surface area contributed by atoms with Crippen LogP contribution < -0.4 is 0 Å². The summed E-state index contributed by atoms with van der Waals surface area (Å²) in [5.41, 5.74) is 0.563. The van der Waals surface area contributed by atoms with Gasteiger partial charge in [0.15, 0.2) is 0 Å². The molecule has 0 rings (SSSR count). The van der Waals surface area contributed by atoms with Gasteiger partial charge in [-0.2, -0.15) is 0 Å². The second kappa shape index (κ2) is 11.4. The molecule has 0 aliphatic rings. The van der Waals surface area contributed by atoms with Crippen LogP contribution >= 0.6 is 0 Å². The van der Waals surface area contributed by atoms with Gasteiger partial charge in [0.05, 0.1) is 7.11 Å². The smallest absolute Gasteiger partial charge is 0.333 e. The van der Waals surface area contributed by atoms with E-state index >= 15 is 0 Å². The van der Waals surface area contributed by atoms with E-state index in [9.17, 15) is 9.59 Å². The highest BCUT2D eigenvalue weighted by molar-refractivity contribution is 5.87. The fraction of sp³-hybridized carbons (Fsp3) is 0.250. The molecule has 0 aliphatic heterocycles. The Hall–Kier alpha value is -2.72. The van der Waals surface area contributed by atoms with Crippen LogP contribution in [-0.4, -0.2) is 25.7 Å². The summed E-state index contributed by atoms with van der Waals surface area (Å²) in [7, 11) is 1.29. The van der Waals surface area contributed by atoms with Crippen LogP contribution in [0, 0.1) is 23.7 Å². The van der Waals surface area contributed by atoms with Gasteiger partial charge >= 0.3 is 11.9 Å². The lowest BCUT2D eigenvalue weighted by Crippen LogP contribution is -2.05. The summed E-state index contributed by atoms with van der Waals surface area (Å²) in [6.07, 6.45) is 7.39. The van der Waals surface area contributed by atoms with Gasteiger partial charge in [0.1, 0.15) is 6.61 Å². The van der Waals surface area contributed by atoms with E-state index in [-0.39, 0.29) is 12.6 Å². The molecule has 0 spiro atoms. The zero-order chi connectivity index (χ0) is 15.2. The molecule has 0 N–H and O–H groups in total. The molecule has 0 unspecified atom stereocenters. The van der Waals surface area contributed by atoms with E-state index in [4.69, 9.17) is 4.74 Å². The molecule has 0 saturated heterocycles. The van der Waals surface area contributed by atoms with Crippen molar-refractivity contribution in [2.24, 2.45) is 0 Å². The van der Waals surface area contributed by atoms with E-state index in [0.29, 0.717) is 5.57 Å². The average Bonchev–Trinajstić information content (AvgIpc) is 2.47. The summed E-state index contributed by atoms with van der Waals surface area (Å²) in [4.78, 5) is 21.9. The summed E-state index contributed by atoms with van der Waals surface area (Å²) in [6, 6.07) is 0. The molecule has 104 valence electrons. The van der Waals surface area contributed by atoms with Gasteiger partial charge < -0.3 is 9.47 Å². The van der Waals surface area contributed by atoms with Crippen LogP contribution in [0.5, 0.6) is 0 Å². The quantitative estimate of drug-likeness (QED) is 0.445. The van der Waals surface area contributed by atoms with E-state index in [1.807, 2.05) is 0 Å². The predicted molar refractivity (Wildman–Crippen MR) is 76.2 cm³/mol. The van der Waals surface area contributed by atoms with Crippen LogP contribution in [0.2, 0.25) is 0 Å². The highest BCUT2D eigenvalue weighted by Crippen LogP contribution is 1.95. The van der Waals surface area contributed by atoms with Crippen molar-refractivity contribution in [2.45, 2.75) is 13.8 Å². The maximum Gasteiger partial charge on any atom is 0.333 e. The lowest BCUT2D eigenvalue weighted by Gasteiger charge is -1.99. The van der Waals surface area contributed by atoms with Gasteiger partial charge in [-0.15, -0.1) is 0 Å². The third-order valence-electron chi connectivity index (χ3n) is 1.98. The van der Waals surface area contributed by atoms with Crippen LogP contribution in [0.25, 0.3) is 0 Å². The van der Waals surface area contributed by atoms with Crippen LogP contribution in [0.4, 0.5) is 0 Å². The SMILES string of the molecule is C/C=C(\C)C(=O)OC/C=C/C#CC#C/C=C\C(=O)OC. The summed E-state index contributed by atoms with van der Waals surface area (Å²) in [5, 5.41) is 0. The Kier molecular flexibility index (Phi) is 9.83. The van der Waals surface area contributed by atoms with Crippen molar-refractivity contribution in [1.82, 2.24) is 0 Å². The topological polar surface area (TPSA) is 52.6 Å². The fourth-order valence-corrected chi connectivity index (χ4v) is 0.796. The lowest BCUT2D eigenvalue weighted by atomic mass is 10.3. The second-order valence-corrected chi connectivity index (χ2v) is 3.37. The van der Waals surface area contributed by atoms with E-state index < -0.39 is 5.97 Å². The van der Waals surface area contributed by atoms with Gasteiger partial charge in [-0.1, -0.05) is 17.9 Å². The Balaban J connectivity index is 4.02. The highest BCUT2D eigenvalue weighted by Gasteiger charge is 2.01. The number of methoxy groups -OCH3 is 1. The van der Waals surface area contributed by atoms with Crippen molar-refractivity contribution in [1.29, 1.82) is 0 Å². The first kappa shape index (κ1) is 17.3. The van der Waals surface area contributed by atoms with Crippen molar-refractivity contribution in [3.8, 4) is 23.7 Å². The first-order chi connectivity index (χ1) is 9.61. The number of carbonyl (C=O) groups excluding carboxylic acids is 2. The van der Waals surface area contributed by atoms with Crippen molar-refractivity contribution in [2.75, 3.05) is 13.7 Å². The lowest BCUT2D eigenvalue weighted by molar-refractivity contribution is -0.138. The average molecular weight is 272 g/mol. The predicted octanol–water partition coefficient (Wildman–Crippen LogP) is 1.79. The summed E-state index contributed by atoms with van der Waals surface area (Å²) >= 11 is 0. The van der Waals surface area contributed by atoms with Crippen molar-refractivity contribution in [3.05, 3.63) is 36.0 Å². The standard InChI is InChI=1S/C16H16O4/c1-4-14(2)16(18)20-13-11-9-7-5-6-8-10-12-15(17)19-3/h4,9-12H,13H2,1-3H3/b11-9+,12-10-,14-4+. The third-order valence-corrected chi connectivity index (χ3v) is 1.98. The number of rotatable bonds is 4. The van der Waals surface area contributed by atoms with Crippen LogP contribution in [0.3, 0.4) is 0 Å². The molecule has 0 bridgehead atoms. The minimum Gasteiger partial charge on any atom is -0.466 e. The number of hydrogen-bond donors (Lipinski definition) is 0. The van der Waals surface area contributed by atoms with Crippen LogP contribution in [0.1, 0.15) is 13.8 Å². The molecule has 0 aromatic rings. The van der Waals surface area contributed by atoms with Gasteiger partial charge in [0.25, 0.3) is 0 Å². The molecular formula is C16H16O4. The van der Waals surface area contributed by atoms with Crippen molar-refractivity contribution in [3.63, 3.8) is 0 Å². The first-order valence-corrected chi connectivity index (χ1v) is 5.82. The molecule has 0 saturated carbocycles. The van der Waals surface area contributed by atoms with Gasteiger partial charge in [-0.25, -0.2) is 9.59 Å². The first-order valence-electron chi connectivity index (χ1n) is 5.82. The van der Waals surface area contributed by atoms with Crippen molar-refractivity contribution < 1.29 is 19.1 Å². The minimum atomic E-state index is -0.467. The number of ether oxygens (including phenoxy) is 2. The Morgan fingerprint density at radius 2 is 1.80 bits per heavy atom. The van der Waals surface area contributed by atoms with Gasteiger partial charge in [-0.3, -0.25) is 0 Å². The van der Waals surface area contributed by atoms with E-state index in [2.05, 4.69) is 28.4 Å². The Morgan fingerprint density at radius 3 is 2.40 bits per heavy atom.